The molecule has 180 valence electrons. The molecule has 1 saturated heterocycles. The zero-order valence-corrected chi connectivity index (χ0v) is 20.4. The van der Waals surface area contributed by atoms with Crippen molar-refractivity contribution in [2.24, 2.45) is 5.92 Å². The fraction of sp³-hybridized carbons (Fsp3) is 0.567. The summed E-state index contributed by atoms with van der Waals surface area (Å²) in [6, 6.07) is 17.5. The number of nitrogens with zero attached hydrogens (tertiary/aromatic N) is 1. The molecule has 6 rings (SSSR count). The van der Waals surface area contributed by atoms with E-state index in [-0.39, 0.29) is 11.0 Å². The molecule has 4 heteroatoms. The molecule has 0 aromatic heterocycles. The molecule has 34 heavy (non-hydrogen) atoms. The molecule has 0 spiro atoms. The quantitative estimate of drug-likeness (QED) is 0.514. The lowest BCUT2D eigenvalue weighted by molar-refractivity contribution is -0.201. The van der Waals surface area contributed by atoms with Crippen molar-refractivity contribution in [2.75, 3.05) is 26.8 Å². The van der Waals surface area contributed by atoms with Crippen LogP contribution in [0.15, 0.2) is 48.5 Å². The second-order valence-corrected chi connectivity index (χ2v) is 11.0. The van der Waals surface area contributed by atoms with Crippen LogP contribution in [0, 0.1) is 5.92 Å². The van der Waals surface area contributed by atoms with Gasteiger partial charge in [-0.15, -0.1) is 0 Å². The zero-order chi connectivity index (χ0) is 23.2. The lowest BCUT2D eigenvalue weighted by Gasteiger charge is -2.65. The van der Waals surface area contributed by atoms with Crippen LogP contribution in [-0.2, 0) is 27.8 Å². The molecule has 0 N–H and O–H groups in total. The summed E-state index contributed by atoms with van der Waals surface area (Å²) in [7, 11) is 1.77. The number of carbonyl (C=O) groups is 1. The predicted molar refractivity (Wildman–Crippen MR) is 133 cm³/mol. The number of hydrogen-bond acceptors (Lipinski definition) is 4. The molecule has 2 unspecified atom stereocenters. The van der Waals surface area contributed by atoms with E-state index >= 15 is 0 Å². The first-order valence-corrected chi connectivity index (χ1v) is 13.3. The highest BCUT2D eigenvalue weighted by atomic mass is 16.5. The summed E-state index contributed by atoms with van der Waals surface area (Å²) < 4.78 is 13.1. The first-order chi connectivity index (χ1) is 16.6. The van der Waals surface area contributed by atoms with Gasteiger partial charge >= 0.3 is 0 Å². The zero-order valence-electron chi connectivity index (χ0n) is 20.4. The number of likely N-dealkylation sites (tertiary alicyclic amines) is 1. The number of rotatable bonds is 8. The van der Waals surface area contributed by atoms with Crippen molar-refractivity contribution in [3.05, 3.63) is 65.2 Å². The van der Waals surface area contributed by atoms with Gasteiger partial charge in [0.05, 0.1) is 12.7 Å². The van der Waals surface area contributed by atoms with Crippen molar-refractivity contribution in [3.63, 3.8) is 0 Å². The molecule has 2 bridgehead atoms. The number of Topliss-reactive ketones (excluding diaryl/α,β-unsaturated/α-hetero) is 1. The third-order valence-electron chi connectivity index (χ3n) is 9.12. The van der Waals surface area contributed by atoms with Gasteiger partial charge in [0, 0.05) is 43.0 Å². The number of ketones is 1. The molecule has 1 aliphatic heterocycles. The second-order valence-electron chi connectivity index (χ2n) is 11.0. The Morgan fingerprint density at radius 1 is 1.06 bits per heavy atom. The number of ether oxygens (including phenoxy) is 2. The van der Waals surface area contributed by atoms with E-state index in [1.165, 1.54) is 36.1 Å². The predicted octanol–water partition coefficient (Wildman–Crippen LogP) is 5.11. The third kappa shape index (κ3) is 3.61. The van der Waals surface area contributed by atoms with Crippen LogP contribution in [0.2, 0.25) is 0 Å². The highest BCUT2D eigenvalue weighted by Gasteiger charge is 2.67. The Kier molecular flexibility index (Phi) is 5.77. The Morgan fingerprint density at radius 2 is 1.91 bits per heavy atom. The van der Waals surface area contributed by atoms with Crippen molar-refractivity contribution in [3.8, 4) is 5.75 Å². The van der Waals surface area contributed by atoms with E-state index in [2.05, 4.69) is 53.4 Å². The largest absolute Gasteiger partial charge is 0.496 e. The average molecular weight is 460 g/mol. The van der Waals surface area contributed by atoms with Gasteiger partial charge in [-0.1, -0.05) is 42.5 Å². The van der Waals surface area contributed by atoms with Gasteiger partial charge in [-0.3, -0.25) is 9.69 Å². The van der Waals surface area contributed by atoms with Crippen molar-refractivity contribution >= 4 is 5.78 Å². The molecule has 4 nitrogen and oxygen atoms in total. The molecule has 4 aliphatic rings. The van der Waals surface area contributed by atoms with E-state index in [1.54, 1.807) is 7.11 Å². The van der Waals surface area contributed by atoms with E-state index in [4.69, 9.17) is 9.47 Å². The summed E-state index contributed by atoms with van der Waals surface area (Å²) in [5, 5.41) is 0. The first-order valence-electron chi connectivity index (χ1n) is 13.3. The summed E-state index contributed by atoms with van der Waals surface area (Å²) in [6.07, 6.45) is 8.79. The van der Waals surface area contributed by atoms with E-state index in [0.29, 0.717) is 24.7 Å². The summed E-state index contributed by atoms with van der Waals surface area (Å²) >= 11 is 0. The molecule has 1 heterocycles. The highest BCUT2D eigenvalue weighted by Crippen LogP contribution is 2.61. The monoisotopic (exact) mass is 459 g/mol. The van der Waals surface area contributed by atoms with Crippen LogP contribution in [0.1, 0.15) is 61.6 Å². The molecule has 2 saturated carbocycles. The SMILES string of the molecule is COc1cccc2c1C13CCN(CC4CC4)C(C2)[C@]1(OCCCc1ccccc1)CCC(=O)C3. The van der Waals surface area contributed by atoms with Gasteiger partial charge in [0.1, 0.15) is 11.5 Å². The van der Waals surface area contributed by atoms with Crippen LogP contribution in [0.4, 0.5) is 0 Å². The summed E-state index contributed by atoms with van der Waals surface area (Å²) in [5.74, 6) is 2.18. The average Bonchev–Trinajstić information content (AvgIpc) is 3.68. The minimum absolute atomic E-state index is 0.278. The van der Waals surface area contributed by atoms with Gasteiger partial charge in [0.15, 0.2) is 0 Å². The van der Waals surface area contributed by atoms with Crippen molar-refractivity contribution in [1.82, 2.24) is 4.90 Å². The minimum atomic E-state index is -0.313. The Balaban J connectivity index is 1.37. The van der Waals surface area contributed by atoms with Crippen LogP contribution < -0.4 is 4.74 Å². The van der Waals surface area contributed by atoms with Crippen LogP contribution >= 0.6 is 0 Å². The van der Waals surface area contributed by atoms with E-state index < -0.39 is 0 Å². The summed E-state index contributed by atoms with van der Waals surface area (Å²) in [4.78, 5) is 15.8. The maximum atomic E-state index is 13.0. The van der Waals surface area contributed by atoms with Crippen molar-refractivity contribution in [2.45, 2.75) is 74.8 Å². The number of fused-ring (bicyclic) bond motifs is 1. The molecular weight excluding hydrogens is 422 g/mol. The topological polar surface area (TPSA) is 38.8 Å². The maximum absolute atomic E-state index is 13.0. The van der Waals surface area contributed by atoms with Crippen LogP contribution in [0.25, 0.3) is 0 Å². The number of methoxy groups -OCH3 is 1. The third-order valence-corrected chi connectivity index (χ3v) is 9.12. The number of piperidine rings is 1. The normalized spacial score (nSPS) is 30.5. The van der Waals surface area contributed by atoms with Crippen molar-refractivity contribution < 1.29 is 14.3 Å². The lowest BCUT2D eigenvalue weighted by Crippen LogP contribution is -2.74. The Morgan fingerprint density at radius 3 is 2.71 bits per heavy atom. The molecule has 3 aliphatic carbocycles. The number of benzene rings is 2. The second kappa shape index (κ2) is 8.80. The van der Waals surface area contributed by atoms with Gasteiger partial charge in [-0.05, 0) is 74.6 Å². The van der Waals surface area contributed by atoms with Gasteiger partial charge in [0.2, 0.25) is 0 Å². The molecule has 0 amide bonds. The van der Waals surface area contributed by atoms with Crippen LogP contribution in [0.5, 0.6) is 5.75 Å². The summed E-state index contributed by atoms with van der Waals surface area (Å²) in [6.45, 7) is 2.98. The van der Waals surface area contributed by atoms with Crippen LogP contribution in [-0.4, -0.2) is 49.1 Å². The molecule has 3 fully saturated rings. The highest BCUT2D eigenvalue weighted by molar-refractivity contribution is 5.83. The molecular formula is C30H37NO3. The molecule has 2 aromatic rings. The smallest absolute Gasteiger partial charge is 0.134 e. The Labute approximate surface area is 203 Å². The minimum Gasteiger partial charge on any atom is -0.496 e. The Hall–Kier alpha value is -2.17. The molecule has 3 atom stereocenters. The Bertz CT molecular complexity index is 1050. The van der Waals surface area contributed by atoms with Gasteiger partial charge < -0.3 is 9.47 Å². The fourth-order valence-electron chi connectivity index (χ4n) is 7.43. The number of aryl methyl sites for hydroxylation is 1. The van der Waals surface area contributed by atoms with Gasteiger partial charge in [-0.25, -0.2) is 0 Å². The van der Waals surface area contributed by atoms with E-state index in [0.717, 1.165) is 56.9 Å². The lowest BCUT2D eigenvalue weighted by atomic mass is 9.49. The van der Waals surface area contributed by atoms with Crippen molar-refractivity contribution in [1.29, 1.82) is 0 Å². The van der Waals surface area contributed by atoms with Gasteiger partial charge in [-0.2, -0.15) is 0 Å². The molecule has 2 aromatic carbocycles. The standard InChI is InChI=1S/C30H37NO3/c1-33-26-11-5-10-24-19-27-30(34-18-6-9-22-7-3-2-4-8-22)15-14-25(32)20-29(30,28(24)26)16-17-31(27)21-23-12-13-23/h2-5,7-8,10-11,23,27H,6,9,12-21H2,1H3/t27?,29?,30-/m1/s1. The van der Waals surface area contributed by atoms with Crippen LogP contribution in [0.3, 0.4) is 0 Å². The summed E-state index contributed by atoms with van der Waals surface area (Å²) in [5.41, 5.74) is 3.41. The number of carbonyl (C=O) groups excluding carboxylic acids is 1. The van der Waals surface area contributed by atoms with E-state index in [9.17, 15) is 4.79 Å². The first kappa shape index (κ1) is 22.3. The number of hydrogen-bond donors (Lipinski definition) is 0. The van der Waals surface area contributed by atoms with Gasteiger partial charge in [0.25, 0.3) is 0 Å². The van der Waals surface area contributed by atoms with E-state index in [1.807, 2.05) is 0 Å². The maximum Gasteiger partial charge on any atom is 0.134 e. The fourth-order valence-corrected chi connectivity index (χ4v) is 7.43. The molecule has 0 radical (unpaired) electrons.